The van der Waals surface area contributed by atoms with E-state index in [0.717, 1.165) is 24.3 Å². The van der Waals surface area contributed by atoms with Crippen molar-refractivity contribution in [2.45, 2.75) is 44.9 Å². The van der Waals surface area contributed by atoms with Gasteiger partial charge < -0.3 is 0 Å². The number of rotatable bonds is 5. The van der Waals surface area contributed by atoms with Crippen LogP contribution in [0.1, 0.15) is 44.1 Å². The number of benzene rings is 2. The predicted molar refractivity (Wildman–Crippen MR) is 83.9 cm³/mol. The highest BCUT2D eigenvalue weighted by Gasteiger charge is 2.16. The molecule has 20 heavy (non-hydrogen) atoms. The van der Waals surface area contributed by atoms with Crippen molar-refractivity contribution >= 4 is 16.6 Å². The Kier molecular flexibility index (Phi) is 4.15. The molecular weight excluding hydrogens is 244 g/mol. The molecule has 104 valence electrons. The van der Waals surface area contributed by atoms with Crippen molar-refractivity contribution in [1.29, 1.82) is 0 Å². The highest BCUT2D eigenvalue weighted by molar-refractivity contribution is 5.86. The van der Waals surface area contributed by atoms with Gasteiger partial charge in [-0.2, -0.15) is 0 Å². The van der Waals surface area contributed by atoms with Gasteiger partial charge in [0.2, 0.25) is 0 Å². The fraction of sp³-hybridized carbons (Fsp3) is 0.421. The zero-order valence-corrected chi connectivity index (χ0v) is 12.0. The van der Waals surface area contributed by atoms with Gasteiger partial charge in [-0.15, -0.1) is 0 Å². The van der Waals surface area contributed by atoms with E-state index in [1.807, 2.05) is 6.07 Å². The zero-order valence-electron chi connectivity index (χ0n) is 12.0. The molecule has 1 aliphatic rings. The molecule has 2 aromatic rings. The Morgan fingerprint density at radius 2 is 1.75 bits per heavy atom. The summed E-state index contributed by atoms with van der Waals surface area (Å²) < 4.78 is 0. The Bertz CT molecular complexity index is 593. The monoisotopic (exact) mass is 266 g/mol. The predicted octanol–water partition coefficient (Wildman–Crippen LogP) is 4.92. The molecule has 1 aliphatic carbocycles. The van der Waals surface area contributed by atoms with E-state index >= 15 is 0 Å². The number of ketones is 1. The fourth-order valence-electron chi connectivity index (χ4n) is 3.33. The quantitative estimate of drug-likeness (QED) is 0.750. The van der Waals surface area contributed by atoms with Crippen LogP contribution in [0.4, 0.5) is 0 Å². The van der Waals surface area contributed by atoms with Gasteiger partial charge in [0.05, 0.1) is 0 Å². The van der Waals surface area contributed by atoms with Crippen molar-refractivity contribution in [2.75, 3.05) is 0 Å². The topological polar surface area (TPSA) is 17.1 Å². The molecule has 3 rings (SSSR count). The molecule has 0 atom stereocenters. The van der Waals surface area contributed by atoms with Crippen LogP contribution in [0.25, 0.3) is 10.8 Å². The number of hydrogen-bond acceptors (Lipinski definition) is 1. The van der Waals surface area contributed by atoms with Crippen LogP contribution >= 0.6 is 0 Å². The van der Waals surface area contributed by atoms with Gasteiger partial charge >= 0.3 is 0 Å². The molecule has 0 bridgehead atoms. The van der Waals surface area contributed by atoms with Crippen LogP contribution in [-0.2, 0) is 11.2 Å². The third kappa shape index (κ3) is 3.27. The first-order chi connectivity index (χ1) is 9.81. The maximum absolute atomic E-state index is 12.1. The van der Waals surface area contributed by atoms with Crippen molar-refractivity contribution in [3.63, 3.8) is 0 Å². The van der Waals surface area contributed by atoms with Gasteiger partial charge in [-0.05, 0) is 28.7 Å². The summed E-state index contributed by atoms with van der Waals surface area (Å²) in [6.45, 7) is 0. The Labute approximate surface area is 121 Å². The van der Waals surface area contributed by atoms with E-state index in [9.17, 15) is 4.79 Å². The average molecular weight is 266 g/mol. The molecule has 2 aromatic carbocycles. The molecule has 1 fully saturated rings. The van der Waals surface area contributed by atoms with Crippen LogP contribution in [0, 0.1) is 5.92 Å². The lowest BCUT2D eigenvalue weighted by Crippen LogP contribution is -2.05. The van der Waals surface area contributed by atoms with Gasteiger partial charge in [0.15, 0.2) is 0 Å². The van der Waals surface area contributed by atoms with E-state index in [0.29, 0.717) is 12.2 Å². The number of hydrogen-bond donors (Lipinski definition) is 0. The third-order valence-corrected chi connectivity index (χ3v) is 4.52. The lowest BCUT2D eigenvalue weighted by molar-refractivity contribution is -0.118. The lowest BCUT2D eigenvalue weighted by Gasteiger charge is -2.08. The Morgan fingerprint density at radius 1 is 1.00 bits per heavy atom. The van der Waals surface area contributed by atoms with Crippen LogP contribution in [0.5, 0.6) is 0 Å². The molecular formula is C19H22O. The van der Waals surface area contributed by atoms with Gasteiger partial charge in [-0.1, -0.05) is 68.1 Å². The van der Waals surface area contributed by atoms with Gasteiger partial charge in [0.1, 0.15) is 5.78 Å². The molecule has 0 aliphatic heterocycles. The molecule has 1 saturated carbocycles. The molecule has 1 heteroatoms. The van der Waals surface area contributed by atoms with E-state index in [-0.39, 0.29) is 0 Å². The maximum atomic E-state index is 12.1. The van der Waals surface area contributed by atoms with E-state index in [4.69, 9.17) is 0 Å². The minimum atomic E-state index is 0.396. The molecule has 0 radical (unpaired) electrons. The highest BCUT2D eigenvalue weighted by Crippen LogP contribution is 2.28. The summed E-state index contributed by atoms with van der Waals surface area (Å²) in [4.78, 5) is 12.1. The second-order valence-corrected chi connectivity index (χ2v) is 6.09. The fourth-order valence-corrected chi connectivity index (χ4v) is 3.33. The molecule has 0 spiro atoms. The first kappa shape index (κ1) is 13.4. The van der Waals surface area contributed by atoms with Crippen molar-refractivity contribution in [2.24, 2.45) is 5.92 Å². The van der Waals surface area contributed by atoms with Gasteiger partial charge in [0, 0.05) is 12.8 Å². The van der Waals surface area contributed by atoms with E-state index in [1.54, 1.807) is 0 Å². The molecule has 1 nitrogen and oxygen atoms in total. The van der Waals surface area contributed by atoms with Crippen LogP contribution in [0.15, 0.2) is 42.5 Å². The Balaban J connectivity index is 1.59. The summed E-state index contributed by atoms with van der Waals surface area (Å²) in [6.07, 6.45) is 7.86. The van der Waals surface area contributed by atoms with Crippen LogP contribution in [0.3, 0.4) is 0 Å². The standard InChI is InChI=1S/C19H22O/c20-19(12-10-15-5-1-2-6-15)14-16-9-11-17-7-3-4-8-18(17)13-16/h3-4,7-9,11,13,15H,1-2,5-6,10,12,14H2. The number of carbonyl (C=O) groups is 1. The summed E-state index contributed by atoms with van der Waals surface area (Å²) >= 11 is 0. The minimum Gasteiger partial charge on any atom is -0.299 e. The van der Waals surface area contributed by atoms with Crippen LogP contribution in [-0.4, -0.2) is 5.78 Å². The first-order valence-corrected chi connectivity index (χ1v) is 7.80. The molecule has 0 N–H and O–H groups in total. The minimum absolute atomic E-state index is 0.396. The Morgan fingerprint density at radius 3 is 2.55 bits per heavy atom. The largest absolute Gasteiger partial charge is 0.299 e. The summed E-state index contributed by atoms with van der Waals surface area (Å²) in [5, 5.41) is 2.48. The third-order valence-electron chi connectivity index (χ3n) is 4.52. The number of Topliss-reactive ketones (excluding diaryl/α,β-unsaturated/α-hetero) is 1. The normalized spacial score (nSPS) is 15.8. The zero-order chi connectivity index (χ0) is 13.8. The van der Waals surface area contributed by atoms with E-state index in [1.165, 1.54) is 36.5 Å². The molecule has 0 heterocycles. The summed E-state index contributed by atoms with van der Waals surface area (Å²) in [5.74, 6) is 1.21. The molecule has 0 unspecified atom stereocenters. The summed E-state index contributed by atoms with van der Waals surface area (Å²) in [7, 11) is 0. The van der Waals surface area contributed by atoms with Crippen molar-refractivity contribution < 1.29 is 4.79 Å². The lowest BCUT2D eigenvalue weighted by atomic mass is 9.97. The van der Waals surface area contributed by atoms with Gasteiger partial charge in [0.25, 0.3) is 0 Å². The molecule has 0 amide bonds. The van der Waals surface area contributed by atoms with Crippen LogP contribution in [0.2, 0.25) is 0 Å². The SMILES string of the molecule is O=C(CCC1CCCC1)Cc1ccc2ccccc2c1. The molecule has 0 saturated heterocycles. The van der Waals surface area contributed by atoms with Crippen molar-refractivity contribution in [3.8, 4) is 0 Å². The maximum Gasteiger partial charge on any atom is 0.137 e. The highest BCUT2D eigenvalue weighted by atomic mass is 16.1. The first-order valence-electron chi connectivity index (χ1n) is 7.80. The van der Waals surface area contributed by atoms with E-state index < -0.39 is 0 Å². The van der Waals surface area contributed by atoms with Crippen molar-refractivity contribution in [1.82, 2.24) is 0 Å². The average Bonchev–Trinajstić information content (AvgIpc) is 2.98. The summed E-state index contributed by atoms with van der Waals surface area (Å²) in [6, 6.07) is 14.7. The Hall–Kier alpha value is -1.63. The number of carbonyl (C=O) groups excluding carboxylic acids is 1. The number of fused-ring (bicyclic) bond motifs is 1. The van der Waals surface area contributed by atoms with Gasteiger partial charge in [-0.25, -0.2) is 0 Å². The van der Waals surface area contributed by atoms with Crippen molar-refractivity contribution in [3.05, 3.63) is 48.0 Å². The second kappa shape index (κ2) is 6.21. The van der Waals surface area contributed by atoms with E-state index in [2.05, 4.69) is 36.4 Å². The molecule has 0 aromatic heterocycles. The second-order valence-electron chi connectivity index (χ2n) is 6.09. The van der Waals surface area contributed by atoms with Gasteiger partial charge in [-0.3, -0.25) is 4.79 Å². The van der Waals surface area contributed by atoms with Crippen LogP contribution < -0.4 is 0 Å². The summed E-state index contributed by atoms with van der Waals surface area (Å²) in [5.41, 5.74) is 1.15. The smallest absolute Gasteiger partial charge is 0.137 e.